The summed E-state index contributed by atoms with van der Waals surface area (Å²) in [5.41, 5.74) is -0.909. The maximum Gasteiger partial charge on any atom is 0.185 e. The van der Waals surface area contributed by atoms with Gasteiger partial charge in [-0.15, -0.1) is 0 Å². The first-order valence-electron chi connectivity index (χ1n) is 4.18. The van der Waals surface area contributed by atoms with Gasteiger partial charge < -0.3 is 10.4 Å². The van der Waals surface area contributed by atoms with Crippen molar-refractivity contribution in [1.82, 2.24) is 0 Å². The van der Waals surface area contributed by atoms with Gasteiger partial charge in [0, 0.05) is 12.6 Å². The van der Waals surface area contributed by atoms with Gasteiger partial charge in [0.2, 0.25) is 0 Å². The Kier molecular flexibility index (Phi) is 3.52. The highest BCUT2D eigenvalue weighted by Crippen LogP contribution is 2.23. The molecule has 1 unspecified atom stereocenters. The van der Waals surface area contributed by atoms with Gasteiger partial charge in [-0.3, -0.25) is 0 Å². The van der Waals surface area contributed by atoms with Crippen LogP contribution in [-0.2, 0) is 0 Å². The summed E-state index contributed by atoms with van der Waals surface area (Å²) in [5, 5.41) is 10.9. The van der Waals surface area contributed by atoms with Crippen LogP contribution in [0.25, 0.3) is 0 Å². The molecule has 2 N–H and O–H groups in total. The molecule has 0 aromatic heterocycles. The molecule has 0 aliphatic carbocycles. The number of hydrogen-bond donors (Lipinski definition) is 2. The lowest BCUT2D eigenvalue weighted by Gasteiger charge is -2.11. The number of aliphatic hydroxyl groups excluding tert-OH is 1. The molecule has 1 aromatic carbocycles. The van der Waals surface area contributed by atoms with Crippen molar-refractivity contribution >= 4 is 5.69 Å². The van der Waals surface area contributed by atoms with Crippen molar-refractivity contribution in [3.05, 3.63) is 29.3 Å². The van der Waals surface area contributed by atoms with Gasteiger partial charge in [0.15, 0.2) is 23.3 Å². The Morgan fingerprint density at radius 2 is 1.67 bits per heavy atom. The van der Waals surface area contributed by atoms with E-state index >= 15 is 0 Å². The van der Waals surface area contributed by atoms with Crippen LogP contribution in [0.3, 0.4) is 0 Å². The highest BCUT2D eigenvalue weighted by atomic mass is 19.2. The number of halogens is 4. The SMILES string of the molecule is CC(O)CNc1c(F)c(F)cc(F)c1F. The molecule has 0 aliphatic heterocycles. The van der Waals surface area contributed by atoms with Gasteiger partial charge in [0.1, 0.15) is 5.69 Å². The predicted molar refractivity (Wildman–Crippen MR) is 46.4 cm³/mol. The third kappa shape index (κ3) is 2.59. The summed E-state index contributed by atoms with van der Waals surface area (Å²) >= 11 is 0. The highest BCUT2D eigenvalue weighted by molar-refractivity contribution is 5.47. The van der Waals surface area contributed by atoms with Crippen molar-refractivity contribution in [2.45, 2.75) is 13.0 Å². The van der Waals surface area contributed by atoms with Crippen molar-refractivity contribution in [2.75, 3.05) is 11.9 Å². The summed E-state index contributed by atoms with van der Waals surface area (Å²) in [7, 11) is 0. The van der Waals surface area contributed by atoms with Crippen molar-refractivity contribution in [2.24, 2.45) is 0 Å². The topological polar surface area (TPSA) is 32.3 Å². The minimum atomic E-state index is -1.51. The number of rotatable bonds is 3. The monoisotopic (exact) mass is 223 g/mol. The minimum absolute atomic E-state index is 0.123. The molecule has 0 spiro atoms. The fourth-order valence-corrected chi connectivity index (χ4v) is 0.978. The number of nitrogens with one attached hydrogen (secondary N) is 1. The van der Waals surface area contributed by atoms with Crippen LogP contribution in [0.2, 0.25) is 0 Å². The molecule has 2 nitrogen and oxygen atoms in total. The first kappa shape index (κ1) is 11.8. The van der Waals surface area contributed by atoms with E-state index in [9.17, 15) is 17.6 Å². The van der Waals surface area contributed by atoms with Crippen molar-refractivity contribution < 1.29 is 22.7 Å². The normalized spacial score (nSPS) is 12.7. The van der Waals surface area contributed by atoms with E-state index in [4.69, 9.17) is 5.11 Å². The molecule has 15 heavy (non-hydrogen) atoms. The molecular formula is C9H9F4NO. The summed E-state index contributed by atoms with van der Waals surface area (Å²) in [6.07, 6.45) is -0.893. The third-order valence-electron chi connectivity index (χ3n) is 1.69. The Bertz CT molecular complexity index is 341. The average molecular weight is 223 g/mol. The van der Waals surface area contributed by atoms with E-state index in [1.807, 2.05) is 0 Å². The number of hydrogen-bond acceptors (Lipinski definition) is 2. The van der Waals surface area contributed by atoms with Gasteiger partial charge in [-0.25, -0.2) is 17.6 Å². The number of anilines is 1. The standard InChI is InChI=1S/C9H9F4NO/c1-4(15)3-14-9-7(12)5(10)2-6(11)8(9)13/h2,4,14-15H,3H2,1H3. The van der Waals surface area contributed by atoms with Crippen LogP contribution in [0.1, 0.15) is 6.92 Å². The van der Waals surface area contributed by atoms with Crippen LogP contribution in [0.5, 0.6) is 0 Å². The van der Waals surface area contributed by atoms with Gasteiger partial charge in [-0.1, -0.05) is 0 Å². The zero-order valence-corrected chi connectivity index (χ0v) is 7.82. The molecule has 1 rings (SSSR count). The molecular weight excluding hydrogens is 214 g/mol. The van der Waals surface area contributed by atoms with E-state index in [0.717, 1.165) is 0 Å². The molecule has 0 saturated heterocycles. The van der Waals surface area contributed by atoms with E-state index in [1.165, 1.54) is 6.92 Å². The molecule has 0 saturated carbocycles. The second-order valence-corrected chi connectivity index (χ2v) is 3.07. The number of benzene rings is 1. The van der Waals surface area contributed by atoms with Crippen molar-refractivity contribution in [1.29, 1.82) is 0 Å². The molecule has 0 radical (unpaired) electrons. The molecule has 6 heteroatoms. The molecule has 1 atom stereocenters. The van der Waals surface area contributed by atoms with Crippen LogP contribution in [-0.4, -0.2) is 17.8 Å². The Labute approximate surface area is 83.5 Å². The predicted octanol–water partition coefficient (Wildman–Crippen LogP) is 2.04. The first-order valence-corrected chi connectivity index (χ1v) is 4.18. The van der Waals surface area contributed by atoms with Crippen LogP contribution >= 0.6 is 0 Å². The summed E-state index contributed by atoms with van der Waals surface area (Å²) < 4.78 is 51.3. The van der Waals surface area contributed by atoms with Crippen LogP contribution < -0.4 is 5.32 Å². The second kappa shape index (κ2) is 4.48. The second-order valence-electron chi connectivity index (χ2n) is 3.07. The molecule has 0 fully saturated rings. The van der Waals surface area contributed by atoms with Gasteiger partial charge in [-0.2, -0.15) is 0 Å². The molecule has 0 amide bonds. The Balaban J connectivity index is 3.04. The summed E-state index contributed by atoms with van der Waals surface area (Å²) in [6, 6.07) is 0.123. The van der Waals surface area contributed by atoms with Crippen LogP contribution in [0, 0.1) is 23.3 Å². The van der Waals surface area contributed by atoms with E-state index in [0.29, 0.717) is 0 Å². The molecule has 0 bridgehead atoms. The Morgan fingerprint density at radius 1 is 1.20 bits per heavy atom. The smallest absolute Gasteiger partial charge is 0.185 e. The summed E-state index contributed by atoms with van der Waals surface area (Å²) in [6.45, 7) is 1.15. The van der Waals surface area contributed by atoms with Gasteiger partial charge in [0.05, 0.1) is 6.10 Å². The quantitative estimate of drug-likeness (QED) is 0.607. The summed E-state index contributed by atoms with van der Waals surface area (Å²) in [4.78, 5) is 0. The van der Waals surface area contributed by atoms with Gasteiger partial charge >= 0.3 is 0 Å². The Morgan fingerprint density at radius 3 is 2.07 bits per heavy atom. The lowest BCUT2D eigenvalue weighted by Crippen LogP contribution is -2.17. The lowest BCUT2D eigenvalue weighted by molar-refractivity contribution is 0.208. The zero-order valence-electron chi connectivity index (χ0n) is 7.82. The fraction of sp³-hybridized carbons (Fsp3) is 0.333. The molecule has 84 valence electrons. The Hall–Kier alpha value is -1.30. The fourth-order valence-electron chi connectivity index (χ4n) is 0.978. The van der Waals surface area contributed by atoms with Crippen LogP contribution in [0.4, 0.5) is 23.2 Å². The molecule has 1 aromatic rings. The van der Waals surface area contributed by atoms with E-state index in [-0.39, 0.29) is 12.6 Å². The van der Waals surface area contributed by atoms with Gasteiger partial charge in [-0.05, 0) is 6.92 Å². The van der Waals surface area contributed by atoms with E-state index in [1.54, 1.807) is 0 Å². The van der Waals surface area contributed by atoms with Crippen molar-refractivity contribution in [3.63, 3.8) is 0 Å². The van der Waals surface area contributed by atoms with E-state index in [2.05, 4.69) is 5.32 Å². The maximum absolute atomic E-state index is 13.0. The van der Waals surface area contributed by atoms with Crippen molar-refractivity contribution in [3.8, 4) is 0 Å². The minimum Gasteiger partial charge on any atom is -0.392 e. The third-order valence-corrected chi connectivity index (χ3v) is 1.69. The molecule has 0 aliphatic rings. The highest BCUT2D eigenvalue weighted by Gasteiger charge is 2.18. The largest absolute Gasteiger partial charge is 0.392 e. The van der Waals surface area contributed by atoms with E-state index < -0.39 is 35.1 Å². The number of aliphatic hydroxyl groups is 1. The zero-order chi connectivity index (χ0) is 11.6. The lowest BCUT2D eigenvalue weighted by atomic mass is 10.2. The first-order chi connectivity index (χ1) is 6.93. The summed E-state index contributed by atoms with van der Waals surface area (Å²) in [5.74, 6) is -5.98. The van der Waals surface area contributed by atoms with Crippen LogP contribution in [0.15, 0.2) is 6.07 Å². The van der Waals surface area contributed by atoms with Gasteiger partial charge in [0.25, 0.3) is 0 Å². The molecule has 0 heterocycles. The average Bonchev–Trinajstić information content (AvgIpc) is 2.14. The maximum atomic E-state index is 13.0.